The van der Waals surface area contributed by atoms with Crippen LogP contribution in [-0.2, 0) is 24.3 Å². The SMILES string of the molecule is O=C(NO[C@H]1CCNC1)[C@@H]1CCC2CN1C(=O)N2OS(=O)(=O)O. The second-order valence-electron chi connectivity index (χ2n) is 5.71. The summed E-state index contributed by atoms with van der Waals surface area (Å²) in [6, 6.07) is -2.05. The summed E-state index contributed by atoms with van der Waals surface area (Å²) in [5.41, 5.74) is 2.36. The zero-order chi connectivity index (χ0) is 16.6. The van der Waals surface area contributed by atoms with Gasteiger partial charge in [-0.1, -0.05) is 0 Å². The number of rotatable bonds is 5. The van der Waals surface area contributed by atoms with Crippen LogP contribution in [0.3, 0.4) is 0 Å². The molecule has 0 aliphatic carbocycles. The molecule has 3 heterocycles. The second kappa shape index (κ2) is 6.20. The van der Waals surface area contributed by atoms with Crippen LogP contribution in [-0.4, -0.2) is 72.7 Å². The lowest BCUT2D eigenvalue weighted by Crippen LogP contribution is -2.50. The molecule has 1 unspecified atom stereocenters. The maximum absolute atomic E-state index is 12.2. The lowest BCUT2D eigenvalue weighted by molar-refractivity contribution is -0.142. The number of hydroxylamine groups is 3. The molecule has 0 aromatic rings. The molecule has 11 nitrogen and oxygen atoms in total. The number of amides is 3. The van der Waals surface area contributed by atoms with Crippen LogP contribution in [0.2, 0.25) is 0 Å². The van der Waals surface area contributed by atoms with Crippen molar-refractivity contribution in [1.29, 1.82) is 0 Å². The lowest BCUT2D eigenvalue weighted by atomic mass is 10.0. The highest BCUT2D eigenvalue weighted by Gasteiger charge is 2.49. The first-order valence-corrected chi connectivity index (χ1v) is 8.65. The van der Waals surface area contributed by atoms with Gasteiger partial charge in [-0.05, 0) is 25.8 Å². The summed E-state index contributed by atoms with van der Waals surface area (Å²) >= 11 is 0. The third-order valence-electron chi connectivity index (χ3n) is 4.14. The van der Waals surface area contributed by atoms with Crippen molar-refractivity contribution in [2.45, 2.75) is 37.5 Å². The Kier molecular flexibility index (Phi) is 4.42. The van der Waals surface area contributed by atoms with Crippen molar-refractivity contribution in [3.63, 3.8) is 0 Å². The maximum atomic E-state index is 12.2. The largest absolute Gasteiger partial charge is 0.418 e. The number of fused-ring (bicyclic) bond motifs is 2. The van der Waals surface area contributed by atoms with Crippen LogP contribution in [0.1, 0.15) is 19.3 Å². The Morgan fingerprint density at radius 1 is 1.35 bits per heavy atom. The summed E-state index contributed by atoms with van der Waals surface area (Å²) in [7, 11) is -4.79. The van der Waals surface area contributed by atoms with Gasteiger partial charge in [0.2, 0.25) is 0 Å². The third-order valence-corrected chi connectivity index (χ3v) is 4.49. The number of hydrogen-bond acceptors (Lipinski definition) is 7. The van der Waals surface area contributed by atoms with Crippen LogP contribution in [0, 0.1) is 0 Å². The quantitative estimate of drug-likeness (QED) is 0.398. The van der Waals surface area contributed by atoms with E-state index >= 15 is 0 Å². The predicted octanol–water partition coefficient (Wildman–Crippen LogP) is -1.60. The van der Waals surface area contributed by atoms with E-state index in [1.807, 2.05) is 0 Å². The zero-order valence-corrected chi connectivity index (χ0v) is 13.0. The van der Waals surface area contributed by atoms with E-state index in [0.717, 1.165) is 13.0 Å². The molecule has 3 rings (SSSR count). The monoisotopic (exact) mass is 350 g/mol. The van der Waals surface area contributed by atoms with Gasteiger partial charge >= 0.3 is 16.4 Å². The van der Waals surface area contributed by atoms with Crippen LogP contribution in [0.25, 0.3) is 0 Å². The van der Waals surface area contributed by atoms with Crippen molar-refractivity contribution in [2.75, 3.05) is 19.6 Å². The van der Waals surface area contributed by atoms with Gasteiger partial charge in [-0.2, -0.15) is 13.5 Å². The lowest BCUT2D eigenvalue weighted by Gasteiger charge is -2.29. The normalized spacial score (nSPS) is 30.8. The Bertz CT molecular complexity index is 591. The minimum Gasteiger partial charge on any atom is -0.314 e. The van der Waals surface area contributed by atoms with E-state index in [-0.39, 0.29) is 12.6 Å². The van der Waals surface area contributed by atoms with E-state index in [2.05, 4.69) is 15.1 Å². The van der Waals surface area contributed by atoms with Gasteiger partial charge in [-0.25, -0.2) is 10.3 Å². The molecular weight excluding hydrogens is 332 g/mol. The Hall–Kier alpha value is -1.47. The molecule has 3 saturated heterocycles. The standard InChI is InChI=1S/C11H18N4O7S/c16-10(13-21-8-3-4-12-5-8)9-2-1-7-6-14(9)11(17)15(7)22-23(18,19)20/h7-9,12H,1-6H2,(H,13,16)(H,18,19,20)/t7?,8-,9-/m0/s1. The predicted molar refractivity (Wildman–Crippen MR) is 73.9 cm³/mol. The molecule has 2 bridgehead atoms. The molecular formula is C11H18N4O7S. The molecule has 23 heavy (non-hydrogen) atoms. The number of piperidine rings is 1. The highest BCUT2D eigenvalue weighted by Crippen LogP contribution is 2.30. The fraction of sp³-hybridized carbons (Fsp3) is 0.818. The molecule has 3 aliphatic heterocycles. The van der Waals surface area contributed by atoms with Gasteiger partial charge in [0.05, 0.1) is 12.1 Å². The molecule has 0 aromatic heterocycles. The van der Waals surface area contributed by atoms with Crippen LogP contribution >= 0.6 is 0 Å². The van der Waals surface area contributed by atoms with Crippen LogP contribution in [0.5, 0.6) is 0 Å². The number of carbonyl (C=O) groups is 2. The summed E-state index contributed by atoms with van der Waals surface area (Å²) in [6.45, 7) is 1.61. The van der Waals surface area contributed by atoms with Gasteiger partial charge in [0.15, 0.2) is 0 Å². The third kappa shape index (κ3) is 3.55. The van der Waals surface area contributed by atoms with Crippen molar-refractivity contribution >= 4 is 22.3 Å². The Morgan fingerprint density at radius 3 is 2.78 bits per heavy atom. The second-order valence-corrected chi connectivity index (χ2v) is 6.71. The van der Waals surface area contributed by atoms with Crippen LogP contribution in [0.4, 0.5) is 4.79 Å². The van der Waals surface area contributed by atoms with Gasteiger partial charge in [-0.3, -0.25) is 14.2 Å². The Labute approximate surface area is 132 Å². The Balaban J connectivity index is 1.60. The molecule has 0 radical (unpaired) electrons. The van der Waals surface area contributed by atoms with E-state index in [0.29, 0.717) is 24.4 Å². The summed E-state index contributed by atoms with van der Waals surface area (Å²) in [5.74, 6) is -0.461. The van der Waals surface area contributed by atoms with Gasteiger partial charge in [0.25, 0.3) is 5.91 Å². The van der Waals surface area contributed by atoms with E-state index in [1.54, 1.807) is 0 Å². The summed E-state index contributed by atoms with van der Waals surface area (Å²) in [4.78, 5) is 30.9. The Morgan fingerprint density at radius 2 is 2.13 bits per heavy atom. The molecule has 3 atom stereocenters. The minimum absolute atomic E-state index is 0.107. The molecule has 0 saturated carbocycles. The van der Waals surface area contributed by atoms with Gasteiger partial charge in [0.1, 0.15) is 6.04 Å². The van der Waals surface area contributed by atoms with Crippen molar-refractivity contribution in [1.82, 2.24) is 20.8 Å². The number of carbonyl (C=O) groups excluding carboxylic acids is 2. The van der Waals surface area contributed by atoms with Crippen molar-refractivity contribution in [3.8, 4) is 0 Å². The molecule has 0 spiro atoms. The van der Waals surface area contributed by atoms with E-state index in [9.17, 15) is 18.0 Å². The molecule has 3 N–H and O–H groups in total. The van der Waals surface area contributed by atoms with Gasteiger partial charge in [-0.15, -0.1) is 4.28 Å². The number of urea groups is 1. The molecule has 0 aromatic carbocycles. The topological polar surface area (TPSA) is 138 Å². The van der Waals surface area contributed by atoms with E-state index in [1.165, 1.54) is 4.90 Å². The molecule has 130 valence electrons. The van der Waals surface area contributed by atoms with Gasteiger partial charge in [0, 0.05) is 13.1 Å². The minimum atomic E-state index is -4.79. The summed E-state index contributed by atoms with van der Waals surface area (Å²) in [6.07, 6.45) is 1.40. The number of nitrogens with one attached hydrogen (secondary N) is 2. The summed E-state index contributed by atoms with van der Waals surface area (Å²) in [5, 5.41) is 3.69. The maximum Gasteiger partial charge on any atom is 0.418 e. The summed E-state index contributed by atoms with van der Waals surface area (Å²) < 4.78 is 34.6. The van der Waals surface area contributed by atoms with Crippen molar-refractivity contribution in [2.24, 2.45) is 0 Å². The van der Waals surface area contributed by atoms with Crippen LogP contribution < -0.4 is 10.8 Å². The van der Waals surface area contributed by atoms with Gasteiger partial charge < -0.3 is 10.2 Å². The number of hydrogen-bond donors (Lipinski definition) is 3. The first-order chi connectivity index (χ1) is 10.8. The highest BCUT2D eigenvalue weighted by molar-refractivity contribution is 7.80. The van der Waals surface area contributed by atoms with E-state index in [4.69, 9.17) is 9.39 Å². The zero-order valence-electron chi connectivity index (χ0n) is 12.2. The first kappa shape index (κ1) is 16.4. The fourth-order valence-electron chi connectivity index (χ4n) is 3.04. The van der Waals surface area contributed by atoms with Crippen LogP contribution in [0.15, 0.2) is 0 Å². The average Bonchev–Trinajstić information content (AvgIpc) is 3.08. The molecule has 3 fully saturated rings. The smallest absolute Gasteiger partial charge is 0.314 e. The highest BCUT2D eigenvalue weighted by atomic mass is 32.3. The fourth-order valence-corrected chi connectivity index (χ4v) is 3.43. The first-order valence-electron chi connectivity index (χ1n) is 7.28. The van der Waals surface area contributed by atoms with Crippen molar-refractivity contribution in [3.05, 3.63) is 0 Å². The average molecular weight is 350 g/mol. The number of nitrogens with zero attached hydrogens (tertiary/aromatic N) is 2. The molecule has 3 amide bonds. The van der Waals surface area contributed by atoms with E-state index < -0.39 is 34.4 Å². The molecule has 3 aliphatic rings. The van der Waals surface area contributed by atoms with Crippen molar-refractivity contribution < 1.29 is 31.7 Å². The molecule has 12 heteroatoms.